The molecule has 0 amide bonds. The van der Waals surface area contributed by atoms with Crippen LogP contribution < -0.4 is 0 Å². The van der Waals surface area contributed by atoms with Crippen molar-refractivity contribution < 1.29 is 5.11 Å². The van der Waals surface area contributed by atoms with Crippen LogP contribution in [0.5, 0.6) is 0 Å². The number of aromatic nitrogens is 2. The van der Waals surface area contributed by atoms with Crippen LogP contribution >= 0.6 is 0 Å². The number of aryl methyl sites for hydroxylation is 1. The number of benzene rings is 1. The van der Waals surface area contributed by atoms with Gasteiger partial charge in [-0.25, -0.2) is 0 Å². The van der Waals surface area contributed by atoms with E-state index in [1.54, 1.807) is 0 Å². The van der Waals surface area contributed by atoms with Gasteiger partial charge in [0.1, 0.15) is 0 Å². The molecular weight excluding hydrogens is 212 g/mol. The zero-order valence-corrected chi connectivity index (χ0v) is 10.7. The fraction of sp³-hybridized carbons (Fsp3) is 0.500. The van der Waals surface area contributed by atoms with Crippen LogP contribution in [0, 0.1) is 5.92 Å². The summed E-state index contributed by atoms with van der Waals surface area (Å²) in [5, 5.41) is 15.8. The molecule has 17 heavy (non-hydrogen) atoms. The minimum absolute atomic E-state index is 0.462. The third kappa shape index (κ3) is 2.34. The monoisotopic (exact) mass is 232 g/mol. The third-order valence-electron chi connectivity index (χ3n) is 3.42. The van der Waals surface area contributed by atoms with Crippen molar-refractivity contribution in [3.63, 3.8) is 0 Å². The molecular formula is C14H20N2O. The molecule has 1 aromatic heterocycles. The van der Waals surface area contributed by atoms with Crippen LogP contribution in [-0.4, -0.2) is 14.9 Å². The van der Waals surface area contributed by atoms with Crippen molar-refractivity contribution in [2.24, 2.45) is 13.0 Å². The van der Waals surface area contributed by atoms with E-state index in [2.05, 4.69) is 18.9 Å². The van der Waals surface area contributed by atoms with Crippen molar-refractivity contribution in [3.05, 3.63) is 30.0 Å². The molecule has 0 bridgehead atoms. The molecule has 0 aliphatic carbocycles. The molecule has 2 rings (SSSR count). The molecule has 92 valence electrons. The lowest BCUT2D eigenvalue weighted by Crippen LogP contribution is -2.05. The van der Waals surface area contributed by atoms with Crippen LogP contribution in [0.15, 0.2) is 24.3 Å². The topological polar surface area (TPSA) is 38.1 Å². The van der Waals surface area contributed by atoms with Crippen LogP contribution in [0.4, 0.5) is 0 Å². The molecule has 0 radical (unpaired) electrons. The lowest BCUT2D eigenvalue weighted by molar-refractivity contribution is 0.142. The van der Waals surface area contributed by atoms with E-state index >= 15 is 0 Å². The summed E-state index contributed by atoms with van der Waals surface area (Å²) < 4.78 is 1.84. The second-order valence-corrected chi connectivity index (χ2v) is 4.79. The molecule has 0 saturated carbocycles. The summed E-state index contributed by atoms with van der Waals surface area (Å²) >= 11 is 0. The zero-order chi connectivity index (χ0) is 12.4. The summed E-state index contributed by atoms with van der Waals surface area (Å²) in [6.07, 6.45) is 1.40. The predicted octanol–water partition coefficient (Wildman–Crippen LogP) is 3.04. The van der Waals surface area contributed by atoms with Crippen molar-refractivity contribution in [2.75, 3.05) is 0 Å². The van der Waals surface area contributed by atoms with Gasteiger partial charge in [-0.2, -0.15) is 5.10 Å². The van der Waals surface area contributed by atoms with Crippen molar-refractivity contribution in [1.82, 2.24) is 9.78 Å². The number of aliphatic hydroxyl groups is 1. The van der Waals surface area contributed by atoms with E-state index in [-0.39, 0.29) is 0 Å². The van der Waals surface area contributed by atoms with E-state index in [0.29, 0.717) is 5.92 Å². The highest BCUT2D eigenvalue weighted by Crippen LogP contribution is 2.27. The average Bonchev–Trinajstić information content (AvgIpc) is 2.67. The third-order valence-corrected chi connectivity index (χ3v) is 3.42. The van der Waals surface area contributed by atoms with Crippen LogP contribution in [0.25, 0.3) is 10.9 Å². The van der Waals surface area contributed by atoms with E-state index in [4.69, 9.17) is 0 Å². The van der Waals surface area contributed by atoms with Gasteiger partial charge in [-0.05, 0) is 18.4 Å². The molecule has 1 N–H and O–H groups in total. The van der Waals surface area contributed by atoms with Crippen LogP contribution in [0.3, 0.4) is 0 Å². The van der Waals surface area contributed by atoms with Gasteiger partial charge in [0.15, 0.2) is 0 Å². The Bertz CT molecular complexity index is 504. The van der Waals surface area contributed by atoms with E-state index in [1.165, 1.54) is 0 Å². The first kappa shape index (κ1) is 12.1. The molecule has 0 spiro atoms. The minimum atomic E-state index is -0.462. The summed E-state index contributed by atoms with van der Waals surface area (Å²) in [6, 6.07) is 8.04. The molecule has 0 saturated heterocycles. The minimum Gasteiger partial charge on any atom is -0.387 e. The number of aliphatic hydroxyl groups excluding tert-OH is 1. The smallest absolute Gasteiger partial charge is 0.0988 e. The van der Waals surface area contributed by atoms with Crippen molar-refractivity contribution in [1.29, 1.82) is 0 Å². The van der Waals surface area contributed by atoms with Crippen LogP contribution in [0.1, 0.15) is 38.5 Å². The molecule has 0 aliphatic heterocycles. The molecule has 2 unspecified atom stereocenters. The fourth-order valence-electron chi connectivity index (χ4n) is 2.15. The summed E-state index contributed by atoms with van der Waals surface area (Å²) in [5.74, 6) is 0.519. The maximum Gasteiger partial charge on any atom is 0.0988 e. The summed E-state index contributed by atoms with van der Waals surface area (Å²) in [6.45, 7) is 4.31. The van der Waals surface area contributed by atoms with Gasteiger partial charge in [-0.15, -0.1) is 0 Å². The van der Waals surface area contributed by atoms with Gasteiger partial charge in [0, 0.05) is 12.4 Å². The van der Waals surface area contributed by atoms with E-state index in [9.17, 15) is 5.11 Å². The zero-order valence-electron chi connectivity index (χ0n) is 10.7. The number of hydrogen-bond acceptors (Lipinski definition) is 2. The molecule has 0 aliphatic rings. The SMILES string of the molecule is CCC(C)CC(O)c1nn(C)c2ccccc12. The van der Waals surface area contributed by atoms with Gasteiger partial charge in [0.25, 0.3) is 0 Å². The van der Waals surface area contributed by atoms with Gasteiger partial charge in [-0.3, -0.25) is 4.68 Å². The molecule has 3 nitrogen and oxygen atoms in total. The molecule has 2 aromatic rings. The average molecular weight is 232 g/mol. The number of fused-ring (bicyclic) bond motifs is 1. The summed E-state index contributed by atoms with van der Waals surface area (Å²) in [4.78, 5) is 0. The summed E-state index contributed by atoms with van der Waals surface area (Å²) in [7, 11) is 1.92. The van der Waals surface area contributed by atoms with Gasteiger partial charge in [-0.1, -0.05) is 38.5 Å². The lowest BCUT2D eigenvalue weighted by atomic mass is 9.98. The predicted molar refractivity (Wildman–Crippen MR) is 69.7 cm³/mol. The Morgan fingerprint density at radius 2 is 2.06 bits per heavy atom. The molecule has 3 heteroatoms. The normalized spacial score (nSPS) is 15.1. The largest absolute Gasteiger partial charge is 0.387 e. The highest BCUT2D eigenvalue weighted by molar-refractivity contribution is 5.82. The first-order chi connectivity index (χ1) is 8.13. The van der Waals surface area contributed by atoms with E-state index in [0.717, 1.165) is 29.4 Å². The van der Waals surface area contributed by atoms with Crippen molar-refractivity contribution in [3.8, 4) is 0 Å². The highest BCUT2D eigenvalue weighted by atomic mass is 16.3. The van der Waals surface area contributed by atoms with Gasteiger partial charge < -0.3 is 5.11 Å². The van der Waals surface area contributed by atoms with Crippen molar-refractivity contribution >= 4 is 10.9 Å². The lowest BCUT2D eigenvalue weighted by Gasteiger charge is -2.13. The molecule has 1 aromatic carbocycles. The van der Waals surface area contributed by atoms with Crippen LogP contribution in [-0.2, 0) is 7.05 Å². The Hall–Kier alpha value is -1.35. The van der Waals surface area contributed by atoms with Gasteiger partial charge in [0.05, 0.1) is 17.3 Å². The first-order valence-electron chi connectivity index (χ1n) is 6.23. The Kier molecular flexibility index (Phi) is 3.48. The maximum absolute atomic E-state index is 10.3. The van der Waals surface area contributed by atoms with Gasteiger partial charge >= 0.3 is 0 Å². The fourth-order valence-corrected chi connectivity index (χ4v) is 2.15. The molecule has 0 fully saturated rings. The Labute approximate surface area is 102 Å². The quantitative estimate of drug-likeness (QED) is 0.879. The van der Waals surface area contributed by atoms with E-state index < -0.39 is 6.10 Å². The maximum atomic E-state index is 10.3. The Morgan fingerprint density at radius 1 is 1.35 bits per heavy atom. The second kappa shape index (κ2) is 4.88. The molecule has 1 heterocycles. The first-order valence-corrected chi connectivity index (χ1v) is 6.23. The number of nitrogens with zero attached hydrogens (tertiary/aromatic N) is 2. The van der Waals surface area contributed by atoms with Gasteiger partial charge in [0.2, 0.25) is 0 Å². The summed E-state index contributed by atoms with van der Waals surface area (Å²) in [5.41, 5.74) is 1.88. The standard InChI is InChI=1S/C14H20N2O/c1-4-10(2)9-13(17)14-11-7-5-6-8-12(11)16(3)15-14/h5-8,10,13,17H,4,9H2,1-3H3. The van der Waals surface area contributed by atoms with Crippen LogP contribution in [0.2, 0.25) is 0 Å². The van der Waals surface area contributed by atoms with E-state index in [1.807, 2.05) is 36.0 Å². The number of hydrogen-bond donors (Lipinski definition) is 1. The number of para-hydroxylation sites is 1. The highest BCUT2D eigenvalue weighted by Gasteiger charge is 2.18. The Balaban J connectivity index is 2.35. The second-order valence-electron chi connectivity index (χ2n) is 4.79. The molecule has 2 atom stereocenters. The number of rotatable bonds is 4. The Morgan fingerprint density at radius 3 is 2.76 bits per heavy atom. The van der Waals surface area contributed by atoms with Crippen molar-refractivity contribution in [2.45, 2.75) is 32.8 Å².